The number of nitriles is 1. The average molecular weight is 321 g/mol. The Bertz CT molecular complexity index is 769. The molecule has 0 aromatic heterocycles. The Morgan fingerprint density at radius 2 is 1.54 bits per heavy atom. The first-order valence-corrected chi connectivity index (χ1v) is 7.53. The summed E-state index contributed by atoms with van der Waals surface area (Å²) in [6.45, 7) is 5.52. The third kappa shape index (κ3) is 3.99. The molecule has 0 radical (unpaired) electrons. The summed E-state index contributed by atoms with van der Waals surface area (Å²) in [6.07, 6.45) is 0. The van der Waals surface area contributed by atoms with Gasteiger partial charge < -0.3 is 0 Å². The molecular formula is C19H19N3O2. The summed E-state index contributed by atoms with van der Waals surface area (Å²) in [4.78, 5) is 25.2. The third-order valence-electron chi connectivity index (χ3n) is 3.38. The lowest BCUT2D eigenvalue weighted by atomic mass is 10.1. The van der Waals surface area contributed by atoms with E-state index in [1.807, 2.05) is 32.9 Å². The van der Waals surface area contributed by atoms with Gasteiger partial charge in [-0.05, 0) is 57.2 Å². The first kappa shape index (κ1) is 17.2. The Balaban J connectivity index is 2.24. The normalized spacial score (nSPS) is 10.6. The highest BCUT2D eigenvalue weighted by Gasteiger charge is 2.29. The van der Waals surface area contributed by atoms with Crippen molar-refractivity contribution in [3.8, 4) is 6.07 Å². The zero-order chi connectivity index (χ0) is 17.7. The van der Waals surface area contributed by atoms with Crippen molar-refractivity contribution < 1.29 is 9.59 Å². The van der Waals surface area contributed by atoms with Crippen molar-refractivity contribution in [3.05, 3.63) is 71.3 Å². The van der Waals surface area contributed by atoms with E-state index >= 15 is 0 Å². The zero-order valence-electron chi connectivity index (χ0n) is 13.9. The van der Waals surface area contributed by atoms with Crippen LogP contribution in [0.4, 0.5) is 0 Å². The van der Waals surface area contributed by atoms with E-state index < -0.39 is 11.4 Å². The average Bonchev–Trinajstić information content (AvgIpc) is 2.58. The fourth-order valence-corrected chi connectivity index (χ4v) is 2.10. The molecule has 2 aromatic carbocycles. The number of carbonyl (C=O) groups excluding carboxylic acids is 2. The van der Waals surface area contributed by atoms with Crippen molar-refractivity contribution in [3.63, 3.8) is 0 Å². The number of amides is 2. The van der Waals surface area contributed by atoms with Crippen molar-refractivity contribution >= 4 is 11.8 Å². The number of nitrogens with one attached hydrogen (secondary N) is 1. The highest BCUT2D eigenvalue weighted by molar-refractivity contribution is 5.99. The molecule has 122 valence electrons. The van der Waals surface area contributed by atoms with Crippen molar-refractivity contribution in [2.24, 2.45) is 0 Å². The lowest BCUT2D eigenvalue weighted by Gasteiger charge is -2.35. The second-order valence-corrected chi connectivity index (χ2v) is 6.31. The number of hydrazine groups is 1. The lowest BCUT2D eigenvalue weighted by Crippen LogP contribution is -2.55. The minimum absolute atomic E-state index is 0.287. The number of hydrogen-bond acceptors (Lipinski definition) is 3. The van der Waals surface area contributed by atoms with Gasteiger partial charge in [0.2, 0.25) is 0 Å². The molecule has 0 bridgehead atoms. The van der Waals surface area contributed by atoms with E-state index in [9.17, 15) is 9.59 Å². The summed E-state index contributed by atoms with van der Waals surface area (Å²) in [5.41, 5.74) is 3.41. The van der Waals surface area contributed by atoms with Crippen LogP contribution >= 0.6 is 0 Å². The Morgan fingerprint density at radius 3 is 2.04 bits per heavy atom. The fourth-order valence-electron chi connectivity index (χ4n) is 2.10. The standard InChI is InChI=1S/C19H19N3O2/c1-19(2,3)22(18(24)16-7-5-4-6-8-16)21-17(23)15-11-9-14(13-20)10-12-15/h4-12H,1-3H3,(H,21,23). The summed E-state index contributed by atoms with van der Waals surface area (Å²) in [6, 6.07) is 17.0. The number of nitrogens with zero attached hydrogens (tertiary/aromatic N) is 2. The van der Waals surface area contributed by atoms with Gasteiger partial charge in [0.25, 0.3) is 11.8 Å². The van der Waals surface area contributed by atoms with E-state index in [1.165, 1.54) is 5.01 Å². The minimum Gasteiger partial charge on any atom is -0.267 e. The Kier molecular flexibility index (Phi) is 5.00. The molecule has 0 fully saturated rings. The Labute approximate surface area is 141 Å². The van der Waals surface area contributed by atoms with Gasteiger partial charge in [0, 0.05) is 11.1 Å². The molecule has 2 rings (SSSR count). The van der Waals surface area contributed by atoms with E-state index in [2.05, 4.69) is 5.43 Å². The molecule has 0 heterocycles. The Morgan fingerprint density at radius 1 is 0.958 bits per heavy atom. The summed E-state index contributed by atoms with van der Waals surface area (Å²) in [7, 11) is 0. The van der Waals surface area contributed by atoms with Gasteiger partial charge in [0.1, 0.15) is 0 Å². The van der Waals surface area contributed by atoms with Crippen LogP contribution in [0.3, 0.4) is 0 Å². The van der Waals surface area contributed by atoms with Crippen LogP contribution in [0.2, 0.25) is 0 Å². The van der Waals surface area contributed by atoms with Crippen molar-refractivity contribution in [1.82, 2.24) is 10.4 Å². The maximum Gasteiger partial charge on any atom is 0.272 e. The monoisotopic (exact) mass is 321 g/mol. The second-order valence-electron chi connectivity index (χ2n) is 6.31. The quantitative estimate of drug-likeness (QED) is 0.864. The molecule has 0 saturated carbocycles. The van der Waals surface area contributed by atoms with Gasteiger partial charge in [-0.25, -0.2) is 5.01 Å². The van der Waals surface area contributed by atoms with E-state index in [1.54, 1.807) is 48.5 Å². The number of rotatable bonds is 2. The van der Waals surface area contributed by atoms with Gasteiger partial charge in [-0.15, -0.1) is 0 Å². The van der Waals surface area contributed by atoms with Crippen LogP contribution in [0, 0.1) is 11.3 Å². The fraction of sp³-hybridized carbons (Fsp3) is 0.211. The van der Waals surface area contributed by atoms with Crippen molar-refractivity contribution in [2.45, 2.75) is 26.3 Å². The van der Waals surface area contributed by atoms with E-state index in [0.29, 0.717) is 16.7 Å². The predicted octanol–water partition coefficient (Wildman–Crippen LogP) is 3.14. The lowest BCUT2D eigenvalue weighted by molar-refractivity contribution is 0.0358. The van der Waals surface area contributed by atoms with E-state index in [0.717, 1.165) is 0 Å². The van der Waals surface area contributed by atoms with Crippen molar-refractivity contribution in [1.29, 1.82) is 5.26 Å². The van der Waals surface area contributed by atoms with Gasteiger partial charge in [0.05, 0.1) is 17.2 Å². The zero-order valence-corrected chi connectivity index (χ0v) is 13.9. The van der Waals surface area contributed by atoms with Crippen LogP contribution in [0.1, 0.15) is 47.1 Å². The van der Waals surface area contributed by atoms with Crippen molar-refractivity contribution in [2.75, 3.05) is 0 Å². The SMILES string of the molecule is CC(C)(C)N(NC(=O)c1ccc(C#N)cc1)C(=O)c1ccccc1. The molecule has 0 unspecified atom stereocenters. The molecule has 0 aliphatic carbocycles. The van der Waals surface area contributed by atoms with Crippen LogP contribution in [-0.4, -0.2) is 22.4 Å². The van der Waals surface area contributed by atoms with Gasteiger partial charge in [-0.1, -0.05) is 18.2 Å². The van der Waals surface area contributed by atoms with E-state index in [4.69, 9.17) is 5.26 Å². The third-order valence-corrected chi connectivity index (χ3v) is 3.38. The molecule has 1 N–H and O–H groups in total. The van der Waals surface area contributed by atoms with Crippen LogP contribution in [0.15, 0.2) is 54.6 Å². The molecule has 0 saturated heterocycles. The highest BCUT2D eigenvalue weighted by atomic mass is 16.2. The summed E-state index contributed by atoms with van der Waals surface area (Å²) < 4.78 is 0. The Hall–Kier alpha value is -3.13. The number of benzene rings is 2. The second kappa shape index (κ2) is 6.97. The summed E-state index contributed by atoms with van der Waals surface area (Å²) in [5, 5.41) is 10.1. The van der Waals surface area contributed by atoms with Gasteiger partial charge >= 0.3 is 0 Å². The van der Waals surface area contributed by atoms with Crippen LogP contribution in [0.25, 0.3) is 0 Å². The molecule has 2 aromatic rings. The van der Waals surface area contributed by atoms with Gasteiger partial charge in [-0.3, -0.25) is 15.0 Å². The maximum atomic E-state index is 12.7. The summed E-state index contributed by atoms with van der Waals surface area (Å²) in [5.74, 6) is -0.691. The van der Waals surface area contributed by atoms with E-state index in [-0.39, 0.29) is 5.91 Å². The van der Waals surface area contributed by atoms with Crippen LogP contribution < -0.4 is 5.43 Å². The molecule has 0 aliphatic heterocycles. The molecule has 5 heteroatoms. The molecule has 2 amide bonds. The number of hydrogen-bond donors (Lipinski definition) is 1. The van der Waals surface area contributed by atoms with Gasteiger partial charge in [-0.2, -0.15) is 5.26 Å². The first-order valence-electron chi connectivity index (χ1n) is 7.53. The molecule has 24 heavy (non-hydrogen) atoms. The highest BCUT2D eigenvalue weighted by Crippen LogP contribution is 2.16. The molecule has 0 aliphatic rings. The molecular weight excluding hydrogens is 302 g/mol. The first-order chi connectivity index (χ1) is 11.3. The van der Waals surface area contributed by atoms with Gasteiger partial charge in [0.15, 0.2) is 0 Å². The topological polar surface area (TPSA) is 73.2 Å². The number of carbonyl (C=O) groups is 2. The van der Waals surface area contributed by atoms with Crippen LogP contribution in [-0.2, 0) is 0 Å². The molecule has 0 atom stereocenters. The minimum atomic E-state index is -0.602. The molecule has 0 spiro atoms. The molecule has 5 nitrogen and oxygen atoms in total. The largest absolute Gasteiger partial charge is 0.272 e. The maximum absolute atomic E-state index is 12.7. The smallest absolute Gasteiger partial charge is 0.267 e. The summed E-state index contributed by atoms with van der Waals surface area (Å²) >= 11 is 0. The van der Waals surface area contributed by atoms with Crippen LogP contribution in [0.5, 0.6) is 0 Å². The predicted molar refractivity (Wildman–Crippen MR) is 91.0 cm³/mol.